The first kappa shape index (κ1) is 37.2. The largest absolute Gasteiger partial charge is 0.481 e. The average Bonchev–Trinajstić information content (AvgIpc) is 3.65. The number of carboxylic acids is 1. The highest BCUT2D eigenvalue weighted by atomic mass is 16.5. The zero-order valence-corrected chi connectivity index (χ0v) is 32.3. The first-order chi connectivity index (χ1) is 23.3. The van der Waals surface area contributed by atoms with Crippen molar-refractivity contribution >= 4 is 17.8 Å². The number of allylic oxidation sites excluding steroid dienone is 1. The molecule has 10 atom stereocenters. The SMILES string of the molecule is C=C(C)[C@@H]1CC[C@]2(CC(=O)NCc3ccco3)CC[C@]3(C)[C@H](CC[C@@H]4[C@@]5(C)CC[C@H](OC(=O)CC(C)(C)CC(=O)O)C(C)(C)[C@@H]5CC[C@]43C)[C@@H]12. The Labute approximate surface area is 301 Å². The van der Waals surface area contributed by atoms with Gasteiger partial charge in [0.05, 0.1) is 25.6 Å². The Kier molecular flexibility index (Phi) is 9.54. The number of nitrogens with one attached hydrogen (secondary N) is 1. The molecule has 1 amide bonds. The number of carbonyl (C=O) groups is 3. The van der Waals surface area contributed by atoms with Gasteiger partial charge in [-0.25, -0.2) is 0 Å². The van der Waals surface area contributed by atoms with Gasteiger partial charge >= 0.3 is 11.9 Å². The minimum Gasteiger partial charge on any atom is -0.481 e. The summed E-state index contributed by atoms with van der Waals surface area (Å²) in [6, 6.07) is 3.78. The maximum atomic E-state index is 13.6. The van der Waals surface area contributed by atoms with Crippen LogP contribution >= 0.6 is 0 Å². The number of carboxylic acid groups (broad SMARTS) is 1. The van der Waals surface area contributed by atoms with Crippen LogP contribution in [0.3, 0.4) is 0 Å². The molecule has 0 radical (unpaired) electrons. The third-order valence-corrected chi connectivity index (χ3v) is 16.3. The Morgan fingerprint density at radius 3 is 2.34 bits per heavy atom. The van der Waals surface area contributed by atoms with Crippen LogP contribution in [-0.4, -0.2) is 29.1 Å². The lowest BCUT2D eigenvalue weighted by Gasteiger charge is -2.73. The van der Waals surface area contributed by atoms with Gasteiger partial charge in [0.1, 0.15) is 11.9 Å². The molecule has 50 heavy (non-hydrogen) atoms. The third-order valence-electron chi connectivity index (χ3n) is 16.3. The van der Waals surface area contributed by atoms with Crippen molar-refractivity contribution < 1.29 is 28.6 Å². The van der Waals surface area contributed by atoms with Gasteiger partial charge in [-0.05, 0) is 140 Å². The van der Waals surface area contributed by atoms with Gasteiger partial charge in [-0.2, -0.15) is 0 Å². The van der Waals surface area contributed by atoms with E-state index in [1.54, 1.807) is 6.26 Å². The van der Waals surface area contributed by atoms with Crippen LogP contribution in [0.5, 0.6) is 0 Å². The number of ether oxygens (including phenoxy) is 1. The Morgan fingerprint density at radius 2 is 1.68 bits per heavy atom. The number of aliphatic carboxylic acids is 1. The van der Waals surface area contributed by atoms with E-state index in [0.717, 1.165) is 44.3 Å². The van der Waals surface area contributed by atoms with E-state index < -0.39 is 11.4 Å². The van der Waals surface area contributed by atoms with Crippen molar-refractivity contribution in [1.82, 2.24) is 5.32 Å². The molecular formula is C43H65NO6. The van der Waals surface area contributed by atoms with Gasteiger partial charge in [0.15, 0.2) is 0 Å². The van der Waals surface area contributed by atoms with Gasteiger partial charge in [0.25, 0.3) is 0 Å². The zero-order valence-electron chi connectivity index (χ0n) is 32.3. The highest BCUT2D eigenvalue weighted by molar-refractivity contribution is 5.77. The van der Waals surface area contributed by atoms with E-state index in [2.05, 4.69) is 53.4 Å². The smallest absolute Gasteiger partial charge is 0.306 e. The molecule has 5 aliphatic carbocycles. The van der Waals surface area contributed by atoms with Crippen molar-refractivity contribution in [3.8, 4) is 0 Å². The summed E-state index contributed by atoms with van der Waals surface area (Å²) in [6.45, 7) is 23.4. The molecular weight excluding hydrogens is 626 g/mol. The number of hydrogen-bond acceptors (Lipinski definition) is 5. The fourth-order valence-electron chi connectivity index (χ4n) is 13.8. The summed E-state index contributed by atoms with van der Waals surface area (Å²) >= 11 is 0. The van der Waals surface area contributed by atoms with Crippen LogP contribution in [0.15, 0.2) is 35.0 Å². The number of rotatable bonds is 10. The predicted octanol–water partition coefficient (Wildman–Crippen LogP) is 9.75. The standard InChI is InChI=1S/C43H65NO6/c1-27(2)29-14-19-43(23-34(45)44-26-28-11-10-22-49-28)21-20-41(8)30(37(29)43)12-13-32-40(7)17-16-33(39(5,6)31(40)15-18-42(32,41)9)50-36(48)25-38(3,4)24-35(46)47/h10-11,22,29-33,37H,1,12-21,23-26H2,2-9H3,(H,44,45)(H,46,47)/t29-,30+,31-,32+,33-,37+,40-,41+,42+,43+/m0/s1. The molecule has 1 aromatic rings. The summed E-state index contributed by atoms with van der Waals surface area (Å²) < 4.78 is 11.8. The Morgan fingerprint density at radius 1 is 0.940 bits per heavy atom. The quantitative estimate of drug-likeness (QED) is 0.187. The van der Waals surface area contributed by atoms with Crippen molar-refractivity contribution in [2.24, 2.45) is 62.1 Å². The van der Waals surface area contributed by atoms with Gasteiger partial charge < -0.3 is 19.6 Å². The summed E-state index contributed by atoms with van der Waals surface area (Å²) in [5.74, 6) is 2.34. The molecule has 5 saturated carbocycles. The number of amides is 1. The fourth-order valence-corrected chi connectivity index (χ4v) is 13.8. The van der Waals surface area contributed by atoms with E-state index in [-0.39, 0.29) is 57.9 Å². The van der Waals surface area contributed by atoms with Crippen molar-refractivity contribution in [1.29, 1.82) is 0 Å². The minimum absolute atomic E-state index is 0.0221. The van der Waals surface area contributed by atoms with E-state index in [1.807, 2.05) is 26.0 Å². The molecule has 2 N–H and O–H groups in total. The highest BCUT2D eigenvalue weighted by Gasteiger charge is 2.71. The normalized spacial score (nSPS) is 40.4. The molecule has 278 valence electrons. The molecule has 0 aliphatic heterocycles. The number of carbonyl (C=O) groups excluding carboxylic acids is 2. The predicted molar refractivity (Wildman–Crippen MR) is 195 cm³/mol. The van der Waals surface area contributed by atoms with Gasteiger partial charge in [-0.3, -0.25) is 14.4 Å². The van der Waals surface area contributed by atoms with E-state index in [0.29, 0.717) is 42.6 Å². The molecule has 5 fully saturated rings. The number of esters is 1. The van der Waals surface area contributed by atoms with Crippen LogP contribution in [0.1, 0.15) is 145 Å². The molecule has 6 rings (SSSR count). The summed E-state index contributed by atoms with van der Waals surface area (Å²) in [5, 5.41) is 12.5. The Balaban J connectivity index is 1.22. The van der Waals surface area contributed by atoms with E-state index in [9.17, 15) is 19.5 Å². The molecule has 0 unspecified atom stereocenters. The second-order valence-electron chi connectivity index (χ2n) is 19.8. The van der Waals surface area contributed by atoms with Crippen molar-refractivity contribution in [3.63, 3.8) is 0 Å². The van der Waals surface area contributed by atoms with E-state index in [1.165, 1.54) is 31.3 Å². The average molecular weight is 692 g/mol. The van der Waals surface area contributed by atoms with Crippen LogP contribution < -0.4 is 5.32 Å². The number of hydrogen-bond donors (Lipinski definition) is 2. The Bertz CT molecular complexity index is 1480. The van der Waals surface area contributed by atoms with Crippen molar-refractivity contribution in [2.45, 2.75) is 152 Å². The maximum Gasteiger partial charge on any atom is 0.306 e. The highest BCUT2D eigenvalue weighted by Crippen LogP contribution is 2.78. The topological polar surface area (TPSA) is 106 Å². The van der Waals surface area contributed by atoms with Crippen LogP contribution in [-0.2, 0) is 25.7 Å². The third kappa shape index (κ3) is 6.08. The first-order valence-corrected chi connectivity index (χ1v) is 19.6. The molecule has 0 aromatic carbocycles. The fraction of sp³-hybridized carbons (Fsp3) is 0.791. The van der Waals surface area contributed by atoms with Crippen LogP contribution in [0.25, 0.3) is 0 Å². The number of fused-ring (bicyclic) bond motifs is 7. The maximum absolute atomic E-state index is 13.6. The molecule has 1 heterocycles. The molecule has 7 nitrogen and oxygen atoms in total. The zero-order chi connectivity index (χ0) is 36.5. The molecule has 0 spiro atoms. The number of furan rings is 1. The summed E-state index contributed by atoms with van der Waals surface area (Å²) in [4.78, 5) is 38.2. The second kappa shape index (κ2) is 12.8. The lowest BCUT2D eigenvalue weighted by atomic mass is 9.32. The van der Waals surface area contributed by atoms with E-state index >= 15 is 0 Å². The molecule has 7 heteroatoms. The van der Waals surface area contributed by atoms with Crippen LogP contribution in [0.2, 0.25) is 0 Å². The second-order valence-corrected chi connectivity index (χ2v) is 19.8. The molecule has 5 aliphatic rings. The van der Waals surface area contributed by atoms with Gasteiger partial charge in [0, 0.05) is 11.8 Å². The molecule has 0 bridgehead atoms. The lowest BCUT2D eigenvalue weighted by molar-refractivity contribution is -0.250. The van der Waals surface area contributed by atoms with Crippen LogP contribution in [0, 0.1) is 62.1 Å². The molecule has 1 aromatic heterocycles. The summed E-state index contributed by atoms with van der Waals surface area (Å²) in [7, 11) is 0. The van der Waals surface area contributed by atoms with Gasteiger partial charge in [-0.1, -0.05) is 60.6 Å². The summed E-state index contributed by atoms with van der Waals surface area (Å²) in [6.07, 6.45) is 13.3. The van der Waals surface area contributed by atoms with Gasteiger partial charge in [0.2, 0.25) is 5.91 Å². The Hall–Kier alpha value is -2.57. The van der Waals surface area contributed by atoms with Gasteiger partial charge in [-0.15, -0.1) is 0 Å². The van der Waals surface area contributed by atoms with Crippen molar-refractivity contribution in [2.75, 3.05) is 0 Å². The monoisotopic (exact) mass is 691 g/mol. The summed E-state index contributed by atoms with van der Waals surface area (Å²) in [5.41, 5.74) is 1.04. The van der Waals surface area contributed by atoms with Crippen molar-refractivity contribution in [3.05, 3.63) is 36.3 Å². The molecule has 0 saturated heterocycles. The first-order valence-electron chi connectivity index (χ1n) is 19.6. The van der Waals surface area contributed by atoms with Crippen LogP contribution in [0.4, 0.5) is 0 Å². The lowest BCUT2D eigenvalue weighted by Crippen LogP contribution is -2.67. The van der Waals surface area contributed by atoms with E-state index in [4.69, 9.17) is 9.15 Å². The minimum atomic E-state index is -0.886.